The molecule has 2 fully saturated rings. The fourth-order valence-corrected chi connectivity index (χ4v) is 6.47. The van der Waals surface area contributed by atoms with Crippen LogP contribution >= 0.6 is 0 Å². The summed E-state index contributed by atoms with van der Waals surface area (Å²) in [5.74, 6) is 0. The maximum absolute atomic E-state index is 2.61. The number of hydrogen-bond donors (Lipinski definition) is 0. The molecular formula is C23H32N2Si. The number of rotatable bonds is 0. The minimum atomic E-state index is 0.494. The molecular weight excluding hydrogens is 332 g/mol. The number of nitrogens with zero attached hydrogens (tertiary/aromatic N) is 2. The van der Waals surface area contributed by atoms with Crippen LogP contribution in [0, 0.1) is 0 Å². The number of piperazine rings is 1. The van der Waals surface area contributed by atoms with Crippen LogP contribution in [0.25, 0.3) is 0 Å². The van der Waals surface area contributed by atoms with E-state index in [1.54, 1.807) is 24.9 Å². The van der Waals surface area contributed by atoms with Crippen molar-refractivity contribution in [2.45, 2.75) is 43.8 Å². The molecule has 0 bridgehead atoms. The summed E-state index contributed by atoms with van der Waals surface area (Å²) in [6, 6.07) is 21.6. The minimum absolute atomic E-state index is 0.494. The van der Waals surface area contributed by atoms with Crippen LogP contribution in [0.4, 0.5) is 5.69 Å². The summed E-state index contributed by atoms with van der Waals surface area (Å²) < 4.78 is 0. The summed E-state index contributed by atoms with van der Waals surface area (Å²) in [6.07, 6.45) is 5.72. The second kappa shape index (κ2) is 8.41. The molecule has 138 valence electrons. The number of likely N-dealkylation sites (N-methyl/N-ethyl adjacent to an activating group) is 1. The lowest BCUT2D eigenvalue weighted by Gasteiger charge is -2.41. The average molecular weight is 365 g/mol. The fraction of sp³-hybridized carbons (Fsp3) is 0.478. The highest BCUT2D eigenvalue weighted by molar-refractivity contribution is 6.35. The van der Waals surface area contributed by atoms with Gasteiger partial charge in [0, 0.05) is 34.8 Å². The summed E-state index contributed by atoms with van der Waals surface area (Å²) in [6.45, 7) is 3.38. The van der Waals surface area contributed by atoms with Crippen molar-refractivity contribution in [2.24, 2.45) is 0 Å². The van der Waals surface area contributed by atoms with Crippen molar-refractivity contribution in [1.82, 2.24) is 4.90 Å². The van der Waals surface area contributed by atoms with Gasteiger partial charge in [-0.3, -0.25) is 0 Å². The van der Waals surface area contributed by atoms with Crippen molar-refractivity contribution >= 4 is 15.2 Å². The van der Waals surface area contributed by atoms with Crippen molar-refractivity contribution in [1.29, 1.82) is 0 Å². The zero-order valence-electron chi connectivity index (χ0n) is 16.2. The molecule has 2 aromatic rings. The molecule has 3 heterocycles. The third kappa shape index (κ3) is 3.89. The first-order valence-corrected chi connectivity index (χ1v) is 12.4. The van der Waals surface area contributed by atoms with Crippen LogP contribution in [-0.4, -0.2) is 41.1 Å². The number of benzene rings is 2. The van der Waals surface area contributed by atoms with Crippen LogP contribution in [0.15, 0.2) is 48.5 Å². The Kier molecular flexibility index (Phi) is 5.76. The first kappa shape index (κ1) is 17.8. The Bertz CT molecular complexity index is 714. The van der Waals surface area contributed by atoms with Gasteiger partial charge in [-0.25, -0.2) is 0 Å². The van der Waals surface area contributed by atoms with Crippen molar-refractivity contribution in [3.8, 4) is 0 Å². The van der Waals surface area contributed by atoms with E-state index < -0.39 is 0 Å². The Balaban J connectivity index is 0.000000240. The molecule has 0 aromatic heterocycles. The maximum Gasteiger partial charge on any atom is 0.0672 e. The quantitative estimate of drug-likeness (QED) is 0.645. The third-order valence-corrected chi connectivity index (χ3v) is 8.18. The molecule has 3 aliphatic heterocycles. The third-order valence-electron chi connectivity index (χ3n) is 6.18. The highest BCUT2D eigenvalue weighted by Crippen LogP contribution is 2.38. The molecule has 0 spiro atoms. The Hall–Kier alpha value is -1.58. The van der Waals surface area contributed by atoms with E-state index in [0.717, 1.165) is 26.1 Å². The molecule has 0 amide bonds. The lowest BCUT2D eigenvalue weighted by molar-refractivity contribution is 0.269. The minimum Gasteiger partial charge on any atom is -0.362 e. The summed E-state index contributed by atoms with van der Waals surface area (Å²) in [5.41, 5.74) is 5.90. The van der Waals surface area contributed by atoms with E-state index in [9.17, 15) is 0 Å². The lowest BCUT2D eigenvalue weighted by atomic mass is 9.96. The molecule has 0 saturated carbocycles. The predicted octanol–water partition coefficient (Wildman–Crippen LogP) is 4.26. The zero-order valence-corrected chi connectivity index (χ0v) is 17.6. The average Bonchev–Trinajstić information content (AvgIpc) is 2.84. The molecule has 5 rings (SSSR count). The van der Waals surface area contributed by atoms with Crippen LogP contribution in [-0.2, 0) is 6.42 Å². The van der Waals surface area contributed by atoms with Crippen LogP contribution in [0.1, 0.15) is 42.0 Å². The SMILES string of the molecule is C1CC[SiH2]CC1.CN1CCN2c3ccccc3Cc3ccccc3C2C1. The summed E-state index contributed by atoms with van der Waals surface area (Å²) in [4.78, 5) is 5.06. The molecule has 2 nitrogen and oxygen atoms in total. The molecule has 2 saturated heterocycles. The summed E-state index contributed by atoms with van der Waals surface area (Å²) in [5, 5.41) is 0. The number of anilines is 1. The van der Waals surface area contributed by atoms with Crippen LogP contribution in [0.5, 0.6) is 0 Å². The molecule has 0 radical (unpaired) electrons. The molecule has 26 heavy (non-hydrogen) atoms. The maximum atomic E-state index is 2.61. The van der Waals surface area contributed by atoms with E-state index in [2.05, 4.69) is 65.4 Å². The Morgan fingerprint density at radius 2 is 1.58 bits per heavy atom. The van der Waals surface area contributed by atoms with E-state index in [-0.39, 0.29) is 0 Å². The summed E-state index contributed by atoms with van der Waals surface area (Å²) in [7, 11) is 2.74. The van der Waals surface area contributed by atoms with Crippen LogP contribution < -0.4 is 4.90 Å². The molecule has 3 aliphatic rings. The van der Waals surface area contributed by atoms with E-state index in [4.69, 9.17) is 0 Å². The Morgan fingerprint density at radius 3 is 2.31 bits per heavy atom. The van der Waals surface area contributed by atoms with Gasteiger partial charge in [0.1, 0.15) is 0 Å². The first-order valence-electron chi connectivity index (χ1n) is 10.4. The molecule has 1 atom stereocenters. The van der Waals surface area contributed by atoms with Crippen molar-refractivity contribution in [2.75, 3.05) is 31.6 Å². The normalized spacial score (nSPS) is 22.2. The molecule has 3 heteroatoms. The van der Waals surface area contributed by atoms with Gasteiger partial charge in [-0.2, -0.15) is 0 Å². The lowest BCUT2D eigenvalue weighted by Crippen LogP contribution is -2.46. The molecule has 1 unspecified atom stereocenters. The zero-order chi connectivity index (χ0) is 17.8. The molecule has 0 aliphatic carbocycles. The Morgan fingerprint density at radius 1 is 0.846 bits per heavy atom. The highest BCUT2D eigenvalue weighted by atomic mass is 28.2. The number of hydrogen-bond acceptors (Lipinski definition) is 2. The topological polar surface area (TPSA) is 6.48 Å². The van der Waals surface area contributed by atoms with Crippen LogP contribution in [0.2, 0.25) is 12.1 Å². The van der Waals surface area contributed by atoms with Crippen molar-refractivity contribution in [3.05, 3.63) is 65.2 Å². The van der Waals surface area contributed by atoms with Gasteiger partial charge in [0.25, 0.3) is 0 Å². The standard InChI is InChI=1S/C18H20N2.C5H12Si/c1-19-10-11-20-17-9-5-3-7-15(17)12-14-6-2-4-8-16(14)18(20)13-19;1-2-4-6-5-3-1/h2-9,18H,10-13H2,1H3;1-6H2. The monoisotopic (exact) mass is 364 g/mol. The van der Waals surface area contributed by atoms with E-state index in [0.29, 0.717) is 15.6 Å². The van der Waals surface area contributed by atoms with Gasteiger partial charge in [0.15, 0.2) is 0 Å². The Labute approximate surface area is 161 Å². The molecule has 2 aromatic carbocycles. The van der Waals surface area contributed by atoms with E-state index in [1.165, 1.54) is 28.8 Å². The van der Waals surface area contributed by atoms with Gasteiger partial charge in [-0.15, -0.1) is 0 Å². The van der Waals surface area contributed by atoms with Gasteiger partial charge in [0.05, 0.1) is 6.04 Å². The van der Waals surface area contributed by atoms with Gasteiger partial charge >= 0.3 is 0 Å². The van der Waals surface area contributed by atoms with E-state index >= 15 is 0 Å². The smallest absolute Gasteiger partial charge is 0.0672 e. The highest BCUT2D eigenvalue weighted by Gasteiger charge is 2.31. The van der Waals surface area contributed by atoms with Gasteiger partial charge in [0.2, 0.25) is 0 Å². The summed E-state index contributed by atoms with van der Waals surface area (Å²) >= 11 is 0. The molecule has 0 N–H and O–H groups in total. The van der Waals surface area contributed by atoms with Crippen molar-refractivity contribution in [3.63, 3.8) is 0 Å². The van der Waals surface area contributed by atoms with Gasteiger partial charge < -0.3 is 9.80 Å². The first-order chi connectivity index (χ1) is 12.8. The van der Waals surface area contributed by atoms with Crippen LogP contribution in [0.3, 0.4) is 0 Å². The predicted molar refractivity (Wildman–Crippen MR) is 115 cm³/mol. The fourth-order valence-electron chi connectivity index (χ4n) is 4.70. The largest absolute Gasteiger partial charge is 0.362 e. The second-order valence-electron chi connectivity index (χ2n) is 8.10. The number of fused-ring (bicyclic) bond motifs is 5. The van der Waals surface area contributed by atoms with Gasteiger partial charge in [-0.1, -0.05) is 73.8 Å². The second-order valence-corrected chi connectivity index (χ2v) is 10.2. The van der Waals surface area contributed by atoms with E-state index in [1.807, 2.05) is 0 Å². The van der Waals surface area contributed by atoms with Crippen molar-refractivity contribution < 1.29 is 0 Å². The number of para-hydroxylation sites is 1. The van der Waals surface area contributed by atoms with Gasteiger partial charge in [-0.05, 0) is 36.2 Å².